The second-order valence-corrected chi connectivity index (χ2v) is 6.77. The monoisotopic (exact) mass is 339 g/mol. The van der Waals surface area contributed by atoms with Gasteiger partial charge in [0.2, 0.25) is 5.78 Å². The molecular weight excluding hydrogens is 314 g/mol. The van der Waals surface area contributed by atoms with E-state index in [1.54, 1.807) is 6.07 Å². The molecule has 0 radical (unpaired) electrons. The van der Waals surface area contributed by atoms with Gasteiger partial charge in [0.25, 0.3) is 0 Å². The van der Waals surface area contributed by atoms with Gasteiger partial charge in [0.1, 0.15) is 0 Å². The van der Waals surface area contributed by atoms with Crippen LogP contribution in [0.2, 0.25) is 0 Å². The van der Waals surface area contributed by atoms with Crippen molar-refractivity contribution >= 4 is 11.8 Å². The Kier molecular flexibility index (Phi) is 5.37. The Balaban J connectivity index is 1.98. The molecule has 4 heteroatoms. The molecule has 1 atom stereocenters. The van der Waals surface area contributed by atoms with Crippen LogP contribution in [-0.2, 0) is 17.8 Å². The number of carboxylic acids is 1. The molecule has 132 valence electrons. The van der Waals surface area contributed by atoms with Crippen LogP contribution in [0.5, 0.6) is 0 Å². The van der Waals surface area contributed by atoms with Crippen molar-refractivity contribution in [2.45, 2.75) is 57.9 Å². The average Bonchev–Trinajstić information content (AvgIpc) is 2.91. The van der Waals surface area contributed by atoms with E-state index in [0.717, 1.165) is 48.9 Å². The largest absolute Gasteiger partial charge is 0.481 e. The van der Waals surface area contributed by atoms with E-state index in [0.29, 0.717) is 18.7 Å². The highest BCUT2D eigenvalue weighted by Gasteiger charge is 2.28. The molecule has 0 saturated heterocycles. The molecule has 1 aliphatic rings. The zero-order valence-electron chi connectivity index (χ0n) is 14.7. The second kappa shape index (κ2) is 7.68. The van der Waals surface area contributed by atoms with Crippen molar-refractivity contribution in [2.24, 2.45) is 0 Å². The number of fused-ring (bicyclic) bond motifs is 1. The number of carbonyl (C=O) groups is 2. The summed E-state index contributed by atoms with van der Waals surface area (Å²) in [4.78, 5) is 24.8. The zero-order valence-corrected chi connectivity index (χ0v) is 14.7. The molecule has 1 unspecified atom stereocenters. The molecule has 2 aromatic rings. The van der Waals surface area contributed by atoms with Crippen LogP contribution < -0.4 is 0 Å². The molecule has 1 aromatic carbocycles. The predicted octanol–water partition coefficient (Wildman–Crippen LogP) is 4.41. The first-order valence-electron chi connectivity index (χ1n) is 9.18. The quantitative estimate of drug-likeness (QED) is 0.793. The van der Waals surface area contributed by atoms with E-state index >= 15 is 0 Å². The van der Waals surface area contributed by atoms with Crippen molar-refractivity contribution in [1.82, 2.24) is 4.57 Å². The fourth-order valence-electron chi connectivity index (χ4n) is 3.72. The van der Waals surface area contributed by atoms with Crippen molar-refractivity contribution in [3.8, 4) is 0 Å². The van der Waals surface area contributed by atoms with Crippen molar-refractivity contribution in [2.75, 3.05) is 0 Å². The lowest BCUT2D eigenvalue weighted by molar-refractivity contribution is -0.139. The summed E-state index contributed by atoms with van der Waals surface area (Å²) in [5.74, 6) is -1.31. The van der Waals surface area contributed by atoms with E-state index in [1.807, 2.05) is 34.9 Å². The Morgan fingerprint density at radius 3 is 2.72 bits per heavy atom. The molecule has 25 heavy (non-hydrogen) atoms. The Bertz CT molecular complexity index is 775. The number of carbonyl (C=O) groups excluding carboxylic acids is 1. The normalized spacial score (nSPS) is 16.9. The SMILES string of the molecule is CCCCc1ccccc1C(=O)c1ccc2n1CCCCC2C(=O)O. The van der Waals surface area contributed by atoms with Gasteiger partial charge in [-0.2, -0.15) is 0 Å². The molecule has 1 aromatic heterocycles. The van der Waals surface area contributed by atoms with E-state index in [9.17, 15) is 14.7 Å². The number of nitrogens with zero attached hydrogens (tertiary/aromatic N) is 1. The maximum absolute atomic E-state index is 13.2. The predicted molar refractivity (Wildman–Crippen MR) is 97.1 cm³/mol. The third kappa shape index (κ3) is 3.53. The number of aliphatic carboxylic acids is 1. The number of hydrogen-bond donors (Lipinski definition) is 1. The van der Waals surface area contributed by atoms with Crippen LogP contribution in [0.3, 0.4) is 0 Å². The summed E-state index contributed by atoms with van der Waals surface area (Å²) in [7, 11) is 0. The summed E-state index contributed by atoms with van der Waals surface area (Å²) in [5.41, 5.74) is 3.20. The van der Waals surface area contributed by atoms with Gasteiger partial charge in [-0.3, -0.25) is 9.59 Å². The first kappa shape index (κ1) is 17.5. The maximum atomic E-state index is 13.2. The third-order valence-corrected chi connectivity index (χ3v) is 5.09. The lowest BCUT2D eigenvalue weighted by atomic mass is 9.97. The fourth-order valence-corrected chi connectivity index (χ4v) is 3.72. The topological polar surface area (TPSA) is 59.3 Å². The molecule has 0 bridgehead atoms. The van der Waals surface area contributed by atoms with E-state index < -0.39 is 11.9 Å². The van der Waals surface area contributed by atoms with Crippen molar-refractivity contribution in [3.63, 3.8) is 0 Å². The molecule has 0 amide bonds. The average molecular weight is 339 g/mol. The molecule has 0 spiro atoms. The summed E-state index contributed by atoms with van der Waals surface area (Å²) in [6.45, 7) is 2.85. The highest BCUT2D eigenvalue weighted by molar-refractivity contribution is 6.09. The summed E-state index contributed by atoms with van der Waals surface area (Å²) in [5, 5.41) is 9.52. The Hall–Kier alpha value is -2.36. The number of hydrogen-bond acceptors (Lipinski definition) is 2. The van der Waals surface area contributed by atoms with Gasteiger partial charge in [-0.1, -0.05) is 44.0 Å². The van der Waals surface area contributed by atoms with Gasteiger partial charge in [0.05, 0.1) is 11.6 Å². The van der Waals surface area contributed by atoms with Crippen molar-refractivity contribution in [1.29, 1.82) is 0 Å². The fraction of sp³-hybridized carbons (Fsp3) is 0.429. The highest BCUT2D eigenvalue weighted by Crippen LogP contribution is 2.30. The molecule has 3 rings (SSSR count). The number of unbranched alkanes of at least 4 members (excludes halogenated alkanes) is 1. The molecule has 0 fully saturated rings. The summed E-state index contributed by atoms with van der Waals surface area (Å²) < 4.78 is 1.94. The number of aromatic nitrogens is 1. The molecule has 4 nitrogen and oxygen atoms in total. The maximum Gasteiger partial charge on any atom is 0.312 e. The molecule has 0 saturated carbocycles. The summed E-state index contributed by atoms with van der Waals surface area (Å²) >= 11 is 0. The first-order valence-corrected chi connectivity index (χ1v) is 9.18. The van der Waals surface area contributed by atoms with Crippen LogP contribution in [0.4, 0.5) is 0 Å². The third-order valence-electron chi connectivity index (χ3n) is 5.09. The number of ketones is 1. The van der Waals surface area contributed by atoms with Crippen LogP contribution in [0.15, 0.2) is 36.4 Å². The summed E-state index contributed by atoms with van der Waals surface area (Å²) in [6.07, 6.45) is 5.45. The van der Waals surface area contributed by atoms with Crippen LogP contribution >= 0.6 is 0 Å². The van der Waals surface area contributed by atoms with Crippen molar-refractivity contribution < 1.29 is 14.7 Å². The van der Waals surface area contributed by atoms with Gasteiger partial charge in [0, 0.05) is 17.8 Å². The number of aryl methyl sites for hydroxylation is 1. The van der Waals surface area contributed by atoms with E-state index in [2.05, 4.69) is 6.92 Å². The lowest BCUT2D eigenvalue weighted by Gasteiger charge is -2.14. The standard InChI is InChI=1S/C21H25NO3/c1-2-3-8-15-9-4-5-10-16(15)20(23)19-13-12-18-17(21(24)25)11-6-7-14-22(18)19/h4-5,9-10,12-13,17H,2-3,6-8,11,14H2,1H3,(H,24,25). The van der Waals surface area contributed by atoms with Crippen LogP contribution in [0.1, 0.15) is 72.3 Å². The Morgan fingerprint density at radius 1 is 1.16 bits per heavy atom. The smallest absolute Gasteiger partial charge is 0.312 e. The minimum atomic E-state index is -0.802. The summed E-state index contributed by atoms with van der Waals surface area (Å²) in [6, 6.07) is 11.4. The molecule has 1 N–H and O–H groups in total. The van der Waals surface area contributed by atoms with Gasteiger partial charge in [-0.15, -0.1) is 0 Å². The lowest BCUT2D eigenvalue weighted by Crippen LogP contribution is -2.17. The number of carboxylic acid groups (broad SMARTS) is 1. The molecule has 2 heterocycles. The first-order chi connectivity index (χ1) is 12.1. The Morgan fingerprint density at radius 2 is 1.96 bits per heavy atom. The van der Waals surface area contributed by atoms with Crippen LogP contribution in [-0.4, -0.2) is 21.4 Å². The minimum absolute atomic E-state index is 0.00370. The van der Waals surface area contributed by atoms with Crippen LogP contribution in [0, 0.1) is 0 Å². The second-order valence-electron chi connectivity index (χ2n) is 6.77. The number of rotatable bonds is 6. The van der Waals surface area contributed by atoms with E-state index in [1.165, 1.54) is 0 Å². The highest BCUT2D eigenvalue weighted by atomic mass is 16.4. The van der Waals surface area contributed by atoms with Gasteiger partial charge < -0.3 is 9.67 Å². The minimum Gasteiger partial charge on any atom is -0.481 e. The van der Waals surface area contributed by atoms with Gasteiger partial charge >= 0.3 is 5.97 Å². The van der Waals surface area contributed by atoms with Gasteiger partial charge in [-0.05, 0) is 43.4 Å². The zero-order chi connectivity index (χ0) is 17.8. The van der Waals surface area contributed by atoms with Crippen molar-refractivity contribution in [3.05, 3.63) is 58.9 Å². The number of benzene rings is 1. The van der Waals surface area contributed by atoms with E-state index in [4.69, 9.17) is 0 Å². The molecule has 1 aliphatic heterocycles. The van der Waals surface area contributed by atoms with Gasteiger partial charge in [0.15, 0.2) is 0 Å². The Labute approximate surface area is 148 Å². The molecular formula is C21H25NO3. The molecule has 0 aliphatic carbocycles. The van der Waals surface area contributed by atoms with E-state index in [-0.39, 0.29) is 5.78 Å². The van der Waals surface area contributed by atoms with Crippen LogP contribution in [0.25, 0.3) is 0 Å². The van der Waals surface area contributed by atoms with Gasteiger partial charge in [-0.25, -0.2) is 0 Å².